The van der Waals surface area contributed by atoms with Crippen molar-refractivity contribution >= 4 is 0 Å². The van der Waals surface area contributed by atoms with E-state index in [9.17, 15) is 5.26 Å². The summed E-state index contributed by atoms with van der Waals surface area (Å²) < 4.78 is 0. The monoisotopic (exact) mass is 229 g/mol. The number of hydrogen-bond donors (Lipinski definition) is 0. The van der Waals surface area contributed by atoms with Crippen molar-refractivity contribution in [1.29, 1.82) is 5.26 Å². The Morgan fingerprint density at radius 3 is 2.24 bits per heavy atom. The fourth-order valence-electron chi connectivity index (χ4n) is 1.98. The molecular formula is C16H23N. The second-order valence-corrected chi connectivity index (χ2v) is 5.66. The number of benzene rings is 1. The molecule has 1 nitrogen and oxygen atoms in total. The Hall–Kier alpha value is -1.29. The summed E-state index contributed by atoms with van der Waals surface area (Å²) in [6, 6.07) is 8.72. The van der Waals surface area contributed by atoms with E-state index in [-0.39, 0.29) is 0 Å². The van der Waals surface area contributed by atoms with E-state index < -0.39 is 0 Å². The lowest BCUT2D eigenvalue weighted by atomic mass is 9.87. The molecule has 0 saturated carbocycles. The van der Waals surface area contributed by atoms with Crippen molar-refractivity contribution in [2.24, 2.45) is 11.8 Å². The van der Waals surface area contributed by atoms with Crippen LogP contribution in [0.15, 0.2) is 18.2 Å². The number of rotatable bonds is 4. The van der Waals surface area contributed by atoms with Crippen molar-refractivity contribution in [3.63, 3.8) is 0 Å². The lowest BCUT2D eigenvalue weighted by Crippen LogP contribution is -2.04. The molecule has 0 fully saturated rings. The molecule has 0 spiro atoms. The van der Waals surface area contributed by atoms with Gasteiger partial charge in [-0.3, -0.25) is 0 Å². The highest BCUT2D eigenvalue weighted by molar-refractivity contribution is 5.42. The highest BCUT2D eigenvalue weighted by Gasteiger charge is 2.12. The van der Waals surface area contributed by atoms with Gasteiger partial charge in [0, 0.05) is 0 Å². The van der Waals surface area contributed by atoms with E-state index in [0.29, 0.717) is 17.8 Å². The molecule has 0 aliphatic carbocycles. The van der Waals surface area contributed by atoms with E-state index in [1.54, 1.807) is 0 Å². The lowest BCUT2D eigenvalue weighted by molar-refractivity contribution is 0.534. The minimum Gasteiger partial charge on any atom is -0.192 e. The first-order chi connectivity index (χ1) is 7.95. The summed E-state index contributed by atoms with van der Waals surface area (Å²) in [6.07, 6.45) is 0.985. The molecule has 1 aromatic rings. The highest BCUT2D eigenvalue weighted by atomic mass is 14.3. The first-order valence-corrected chi connectivity index (χ1v) is 6.48. The molecule has 1 rings (SSSR count). The molecule has 0 saturated heterocycles. The highest BCUT2D eigenvalue weighted by Crippen LogP contribution is 2.26. The maximum absolute atomic E-state index is 9.23. The number of hydrogen-bond acceptors (Lipinski definition) is 1. The van der Waals surface area contributed by atoms with Crippen LogP contribution in [0.1, 0.15) is 57.2 Å². The van der Waals surface area contributed by atoms with Crippen molar-refractivity contribution < 1.29 is 0 Å². The Kier molecular flexibility index (Phi) is 4.75. The molecule has 1 heteroatoms. The zero-order chi connectivity index (χ0) is 13.0. The summed E-state index contributed by atoms with van der Waals surface area (Å²) in [7, 11) is 0. The van der Waals surface area contributed by atoms with Gasteiger partial charge in [-0.25, -0.2) is 0 Å². The molecule has 0 amide bonds. The molecule has 1 unspecified atom stereocenters. The average Bonchev–Trinajstić information content (AvgIpc) is 2.27. The summed E-state index contributed by atoms with van der Waals surface area (Å²) >= 11 is 0. The van der Waals surface area contributed by atoms with E-state index in [1.165, 1.54) is 11.1 Å². The SMILES string of the molecule is CC(C)Cc1ccc(C(C)C(C)C)cc1C#N. The molecule has 0 radical (unpaired) electrons. The molecule has 0 bridgehead atoms. The van der Waals surface area contributed by atoms with Gasteiger partial charge in [0.2, 0.25) is 0 Å². The fourth-order valence-corrected chi connectivity index (χ4v) is 1.98. The number of nitriles is 1. The van der Waals surface area contributed by atoms with Crippen molar-refractivity contribution in [2.45, 2.75) is 47.0 Å². The fraction of sp³-hybridized carbons (Fsp3) is 0.562. The predicted octanol–water partition coefficient (Wildman–Crippen LogP) is 4.52. The zero-order valence-electron chi connectivity index (χ0n) is 11.6. The van der Waals surface area contributed by atoms with E-state index in [0.717, 1.165) is 12.0 Å². The minimum atomic E-state index is 0.509. The van der Waals surface area contributed by atoms with Crippen LogP contribution in [-0.2, 0) is 6.42 Å². The third-order valence-corrected chi connectivity index (χ3v) is 3.41. The average molecular weight is 229 g/mol. The van der Waals surface area contributed by atoms with Gasteiger partial charge >= 0.3 is 0 Å². The molecule has 0 N–H and O–H groups in total. The zero-order valence-corrected chi connectivity index (χ0v) is 11.6. The Morgan fingerprint density at radius 1 is 1.12 bits per heavy atom. The van der Waals surface area contributed by atoms with E-state index in [1.807, 2.05) is 0 Å². The van der Waals surface area contributed by atoms with Crippen LogP contribution in [0.4, 0.5) is 0 Å². The smallest absolute Gasteiger partial charge is 0.0994 e. The van der Waals surface area contributed by atoms with Crippen LogP contribution in [0.3, 0.4) is 0 Å². The molecular weight excluding hydrogens is 206 g/mol. The maximum atomic E-state index is 9.23. The molecule has 0 aliphatic heterocycles. The maximum Gasteiger partial charge on any atom is 0.0994 e. The van der Waals surface area contributed by atoms with Crippen LogP contribution in [0.5, 0.6) is 0 Å². The van der Waals surface area contributed by atoms with Crippen molar-refractivity contribution in [1.82, 2.24) is 0 Å². The topological polar surface area (TPSA) is 23.8 Å². The first kappa shape index (κ1) is 13.8. The Morgan fingerprint density at radius 2 is 1.76 bits per heavy atom. The van der Waals surface area contributed by atoms with Gasteiger partial charge in [-0.1, -0.05) is 46.8 Å². The molecule has 1 atom stereocenters. The Labute approximate surface area is 105 Å². The van der Waals surface area contributed by atoms with E-state index in [4.69, 9.17) is 0 Å². The Balaban J connectivity index is 3.05. The van der Waals surface area contributed by atoms with Gasteiger partial charge in [-0.2, -0.15) is 5.26 Å². The summed E-state index contributed by atoms with van der Waals surface area (Å²) in [6.45, 7) is 11.0. The van der Waals surface area contributed by atoms with Crippen molar-refractivity contribution in [2.75, 3.05) is 0 Å². The molecule has 0 heterocycles. The molecule has 0 aromatic heterocycles. The molecule has 92 valence electrons. The van der Waals surface area contributed by atoms with Gasteiger partial charge in [0.1, 0.15) is 0 Å². The van der Waals surface area contributed by atoms with Gasteiger partial charge < -0.3 is 0 Å². The van der Waals surface area contributed by atoms with Crippen LogP contribution in [-0.4, -0.2) is 0 Å². The Bertz CT molecular complexity index is 410. The summed E-state index contributed by atoms with van der Waals surface area (Å²) in [4.78, 5) is 0. The summed E-state index contributed by atoms with van der Waals surface area (Å²) in [5, 5.41) is 9.23. The van der Waals surface area contributed by atoms with Gasteiger partial charge in [0.25, 0.3) is 0 Å². The largest absolute Gasteiger partial charge is 0.192 e. The first-order valence-electron chi connectivity index (χ1n) is 6.48. The third kappa shape index (κ3) is 3.60. The lowest BCUT2D eigenvalue weighted by Gasteiger charge is -2.17. The van der Waals surface area contributed by atoms with E-state index in [2.05, 4.69) is 58.9 Å². The van der Waals surface area contributed by atoms with Crippen LogP contribution >= 0.6 is 0 Å². The number of nitrogens with zero attached hydrogens (tertiary/aromatic N) is 1. The van der Waals surface area contributed by atoms with Crippen molar-refractivity contribution in [3.05, 3.63) is 34.9 Å². The third-order valence-electron chi connectivity index (χ3n) is 3.41. The van der Waals surface area contributed by atoms with Crippen LogP contribution < -0.4 is 0 Å². The standard InChI is InChI=1S/C16H23N/c1-11(2)8-15-7-6-14(9-16(15)10-17)13(5)12(3)4/h6-7,9,11-13H,8H2,1-5H3. The minimum absolute atomic E-state index is 0.509. The van der Waals surface area contributed by atoms with Crippen LogP contribution in [0, 0.1) is 23.2 Å². The molecule has 0 aliphatic rings. The van der Waals surface area contributed by atoms with E-state index >= 15 is 0 Å². The normalized spacial score (nSPS) is 12.8. The summed E-state index contributed by atoms with van der Waals surface area (Å²) in [5.41, 5.74) is 3.31. The predicted molar refractivity (Wildman–Crippen MR) is 73.0 cm³/mol. The van der Waals surface area contributed by atoms with Gasteiger partial charge in [-0.05, 0) is 41.4 Å². The van der Waals surface area contributed by atoms with Gasteiger partial charge in [0.15, 0.2) is 0 Å². The van der Waals surface area contributed by atoms with Crippen LogP contribution in [0.2, 0.25) is 0 Å². The quantitative estimate of drug-likeness (QED) is 0.745. The second-order valence-electron chi connectivity index (χ2n) is 5.66. The van der Waals surface area contributed by atoms with Crippen molar-refractivity contribution in [3.8, 4) is 6.07 Å². The molecule has 17 heavy (non-hydrogen) atoms. The van der Waals surface area contributed by atoms with Gasteiger partial charge in [0.05, 0.1) is 11.6 Å². The second kappa shape index (κ2) is 5.87. The molecule has 1 aromatic carbocycles. The van der Waals surface area contributed by atoms with Crippen LogP contribution in [0.25, 0.3) is 0 Å². The van der Waals surface area contributed by atoms with Gasteiger partial charge in [-0.15, -0.1) is 0 Å². The summed E-state index contributed by atoms with van der Waals surface area (Å²) in [5.74, 6) is 1.71.